The van der Waals surface area contributed by atoms with E-state index in [-0.39, 0.29) is 12.1 Å². The Morgan fingerprint density at radius 1 is 1.38 bits per heavy atom. The summed E-state index contributed by atoms with van der Waals surface area (Å²) in [5, 5.41) is 5.91. The Bertz CT molecular complexity index is 200. The van der Waals surface area contributed by atoms with Crippen molar-refractivity contribution in [2.75, 3.05) is 6.54 Å². The van der Waals surface area contributed by atoms with Crippen molar-refractivity contribution in [3.8, 4) is 0 Å². The molecule has 0 spiro atoms. The maximum absolute atomic E-state index is 11.5. The molecule has 0 aromatic heterocycles. The van der Waals surface area contributed by atoms with E-state index in [1.807, 2.05) is 6.92 Å². The number of amides is 2. The third-order valence-electron chi connectivity index (χ3n) is 3.06. The molecule has 4 nitrogen and oxygen atoms in total. The van der Waals surface area contributed by atoms with E-state index in [1.165, 1.54) is 19.3 Å². The van der Waals surface area contributed by atoms with Crippen LogP contribution in [-0.4, -0.2) is 24.7 Å². The van der Waals surface area contributed by atoms with Crippen LogP contribution in [0.2, 0.25) is 0 Å². The van der Waals surface area contributed by atoms with Gasteiger partial charge in [-0.2, -0.15) is 0 Å². The maximum Gasteiger partial charge on any atom is 0.315 e. The molecule has 1 atom stereocenters. The average molecular weight is 227 g/mol. The lowest BCUT2D eigenvalue weighted by molar-refractivity contribution is 0.232. The molecule has 16 heavy (non-hydrogen) atoms. The molecule has 94 valence electrons. The molecule has 0 aromatic carbocycles. The van der Waals surface area contributed by atoms with E-state index < -0.39 is 0 Å². The van der Waals surface area contributed by atoms with Crippen molar-refractivity contribution >= 4 is 6.03 Å². The fourth-order valence-corrected chi connectivity index (χ4v) is 2.11. The molecule has 0 aliphatic heterocycles. The molecule has 1 fully saturated rings. The van der Waals surface area contributed by atoms with E-state index in [4.69, 9.17) is 5.73 Å². The third-order valence-corrected chi connectivity index (χ3v) is 3.06. The molecule has 4 N–H and O–H groups in total. The van der Waals surface area contributed by atoms with Gasteiger partial charge in [-0.05, 0) is 32.6 Å². The molecule has 1 saturated carbocycles. The molecule has 4 heteroatoms. The Kier molecular flexibility index (Phi) is 6.23. The minimum atomic E-state index is -0.0171. The molecule has 0 heterocycles. The van der Waals surface area contributed by atoms with Crippen LogP contribution in [0.4, 0.5) is 4.79 Å². The van der Waals surface area contributed by atoms with Crippen molar-refractivity contribution < 1.29 is 4.79 Å². The van der Waals surface area contributed by atoms with Crippen LogP contribution in [0.25, 0.3) is 0 Å². The van der Waals surface area contributed by atoms with Gasteiger partial charge in [-0.1, -0.05) is 19.3 Å². The summed E-state index contributed by atoms with van der Waals surface area (Å²) >= 11 is 0. The smallest absolute Gasteiger partial charge is 0.315 e. The lowest BCUT2D eigenvalue weighted by Gasteiger charge is -2.22. The average Bonchev–Trinajstić information content (AvgIpc) is 2.25. The summed E-state index contributed by atoms with van der Waals surface area (Å²) in [5.41, 5.74) is 5.63. The fourth-order valence-electron chi connectivity index (χ4n) is 2.11. The van der Waals surface area contributed by atoms with Crippen molar-refractivity contribution in [1.29, 1.82) is 0 Å². The number of hydrogen-bond acceptors (Lipinski definition) is 2. The van der Waals surface area contributed by atoms with Gasteiger partial charge in [0.15, 0.2) is 0 Å². The first-order chi connectivity index (χ1) is 7.68. The van der Waals surface area contributed by atoms with Gasteiger partial charge in [0.1, 0.15) is 0 Å². The van der Waals surface area contributed by atoms with E-state index in [1.54, 1.807) is 0 Å². The predicted octanol–water partition coefficient (Wildman–Crippen LogP) is 1.75. The number of nitrogens with one attached hydrogen (secondary N) is 2. The molecular weight excluding hydrogens is 202 g/mol. The standard InChI is InChI=1S/C12H25N3O/c1-10(13)6-5-9-14-12(16)15-11-7-3-2-4-8-11/h10-11H,2-9,13H2,1H3,(H2,14,15,16). The van der Waals surface area contributed by atoms with Crippen molar-refractivity contribution in [1.82, 2.24) is 10.6 Å². The molecule has 0 saturated heterocycles. The van der Waals surface area contributed by atoms with Gasteiger partial charge < -0.3 is 16.4 Å². The highest BCUT2D eigenvalue weighted by molar-refractivity contribution is 5.74. The van der Waals surface area contributed by atoms with E-state index in [0.717, 1.165) is 32.2 Å². The number of hydrogen-bond donors (Lipinski definition) is 3. The lowest BCUT2D eigenvalue weighted by Crippen LogP contribution is -2.43. The number of urea groups is 1. The van der Waals surface area contributed by atoms with Gasteiger partial charge in [-0.3, -0.25) is 0 Å². The zero-order chi connectivity index (χ0) is 11.8. The highest BCUT2D eigenvalue weighted by atomic mass is 16.2. The topological polar surface area (TPSA) is 67.1 Å². The lowest BCUT2D eigenvalue weighted by atomic mass is 9.96. The van der Waals surface area contributed by atoms with Crippen LogP contribution in [0.15, 0.2) is 0 Å². The fraction of sp³-hybridized carbons (Fsp3) is 0.917. The molecular formula is C12H25N3O. The van der Waals surface area contributed by atoms with Gasteiger partial charge in [0.25, 0.3) is 0 Å². The quantitative estimate of drug-likeness (QED) is 0.626. The summed E-state index contributed by atoms with van der Waals surface area (Å²) in [4.78, 5) is 11.5. The van der Waals surface area contributed by atoms with Crippen LogP contribution in [0.1, 0.15) is 51.9 Å². The van der Waals surface area contributed by atoms with Gasteiger partial charge in [-0.15, -0.1) is 0 Å². The predicted molar refractivity (Wildman–Crippen MR) is 66.3 cm³/mol. The van der Waals surface area contributed by atoms with Gasteiger partial charge in [0, 0.05) is 18.6 Å². The third kappa shape index (κ3) is 5.95. The Morgan fingerprint density at radius 3 is 2.69 bits per heavy atom. The van der Waals surface area contributed by atoms with Crippen molar-refractivity contribution in [2.45, 2.75) is 64.0 Å². The summed E-state index contributed by atoms with van der Waals surface area (Å²) in [6, 6.07) is 0.599. The summed E-state index contributed by atoms with van der Waals surface area (Å²) in [6.45, 7) is 2.71. The summed E-state index contributed by atoms with van der Waals surface area (Å²) in [6.07, 6.45) is 7.99. The number of carbonyl (C=O) groups excluding carboxylic acids is 1. The van der Waals surface area contributed by atoms with Crippen LogP contribution in [-0.2, 0) is 0 Å². The number of nitrogens with two attached hydrogens (primary N) is 1. The van der Waals surface area contributed by atoms with Gasteiger partial charge in [0.05, 0.1) is 0 Å². The zero-order valence-corrected chi connectivity index (χ0v) is 10.3. The molecule has 0 bridgehead atoms. The van der Waals surface area contributed by atoms with Gasteiger partial charge in [0.2, 0.25) is 0 Å². The minimum absolute atomic E-state index is 0.0171. The van der Waals surface area contributed by atoms with Gasteiger partial charge in [-0.25, -0.2) is 4.79 Å². The minimum Gasteiger partial charge on any atom is -0.338 e. The number of rotatable bonds is 5. The van der Waals surface area contributed by atoms with Crippen molar-refractivity contribution in [3.05, 3.63) is 0 Å². The monoisotopic (exact) mass is 227 g/mol. The Labute approximate surface area is 98.3 Å². The first-order valence-electron chi connectivity index (χ1n) is 6.48. The summed E-state index contributed by atoms with van der Waals surface area (Å²) < 4.78 is 0. The summed E-state index contributed by atoms with van der Waals surface area (Å²) in [5.74, 6) is 0. The van der Waals surface area contributed by atoms with E-state index >= 15 is 0 Å². The van der Waals surface area contributed by atoms with Crippen LogP contribution in [0, 0.1) is 0 Å². The molecule has 1 aliphatic carbocycles. The summed E-state index contributed by atoms with van der Waals surface area (Å²) in [7, 11) is 0. The molecule has 1 rings (SSSR count). The molecule has 1 unspecified atom stereocenters. The maximum atomic E-state index is 11.5. The van der Waals surface area contributed by atoms with Crippen LogP contribution >= 0.6 is 0 Å². The van der Waals surface area contributed by atoms with Gasteiger partial charge >= 0.3 is 6.03 Å². The highest BCUT2D eigenvalue weighted by Crippen LogP contribution is 2.16. The second-order valence-corrected chi connectivity index (χ2v) is 4.85. The Balaban J connectivity index is 2.01. The normalized spacial score (nSPS) is 19.1. The van der Waals surface area contributed by atoms with Crippen LogP contribution in [0.3, 0.4) is 0 Å². The van der Waals surface area contributed by atoms with Crippen molar-refractivity contribution in [3.63, 3.8) is 0 Å². The SMILES string of the molecule is CC(N)CCCNC(=O)NC1CCCCC1. The Morgan fingerprint density at radius 2 is 2.06 bits per heavy atom. The zero-order valence-electron chi connectivity index (χ0n) is 10.3. The second kappa shape index (κ2) is 7.49. The van der Waals surface area contributed by atoms with E-state index in [0.29, 0.717) is 6.04 Å². The second-order valence-electron chi connectivity index (χ2n) is 4.85. The largest absolute Gasteiger partial charge is 0.338 e. The molecule has 0 aromatic rings. The number of carbonyl (C=O) groups is 1. The first-order valence-corrected chi connectivity index (χ1v) is 6.48. The van der Waals surface area contributed by atoms with Crippen LogP contribution in [0.5, 0.6) is 0 Å². The molecule has 0 radical (unpaired) electrons. The van der Waals surface area contributed by atoms with Crippen LogP contribution < -0.4 is 16.4 Å². The highest BCUT2D eigenvalue weighted by Gasteiger charge is 2.14. The first kappa shape index (κ1) is 13.3. The molecule has 1 aliphatic rings. The van der Waals surface area contributed by atoms with E-state index in [9.17, 15) is 4.79 Å². The van der Waals surface area contributed by atoms with Crippen molar-refractivity contribution in [2.24, 2.45) is 5.73 Å². The molecule has 2 amide bonds. The van der Waals surface area contributed by atoms with E-state index in [2.05, 4.69) is 10.6 Å². The Hall–Kier alpha value is -0.770.